The molecule has 7 heteroatoms. The maximum absolute atomic E-state index is 12.7. The SMILES string of the molecule is FC(F)(F)c1cc(Br)cc(NCc2cc(Cl)cc(Cl)c2)c1. The van der Waals surface area contributed by atoms with Crippen molar-refractivity contribution in [2.75, 3.05) is 5.32 Å². The van der Waals surface area contributed by atoms with Gasteiger partial charge in [-0.05, 0) is 42.0 Å². The third kappa shape index (κ3) is 4.80. The molecule has 112 valence electrons. The Bertz CT molecular complexity index is 639. The third-order valence-corrected chi connectivity index (χ3v) is 3.54. The standard InChI is InChI=1S/C14H9BrCl2F3N/c15-10-3-9(14(18,19)20)4-13(5-10)21-7-8-1-11(16)6-12(17)2-8/h1-6,21H,7H2. The molecule has 0 unspecified atom stereocenters. The molecular formula is C14H9BrCl2F3N. The Labute approximate surface area is 138 Å². The first-order chi connectivity index (χ1) is 9.74. The van der Waals surface area contributed by atoms with Gasteiger partial charge in [-0.1, -0.05) is 39.1 Å². The van der Waals surface area contributed by atoms with Crippen molar-refractivity contribution in [3.05, 3.63) is 62.0 Å². The van der Waals surface area contributed by atoms with Gasteiger partial charge in [0.25, 0.3) is 0 Å². The molecule has 0 saturated carbocycles. The van der Waals surface area contributed by atoms with Crippen LogP contribution in [0.3, 0.4) is 0 Å². The van der Waals surface area contributed by atoms with E-state index in [1.165, 1.54) is 0 Å². The summed E-state index contributed by atoms with van der Waals surface area (Å²) in [5.74, 6) is 0. The molecule has 1 nitrogen and oxygen atoms in total. The first kappa shape index (κ1) is 16.5. The fourth-order valence-electron chi connectivity index (χ4n) is 1.77. The van der Waals surface area contributed by atoms with Crippen LogP contribution in [0.5, 0.6) is 0 Å². The fraction of sp³-hybridized carbons (Fsp3) is 0.143. The summed E-state index contributed by atoms with van der Waals surface area (Å²) in [7, 11) is 0. The monoisotopic (exact) mass is 397 g/mol. The molecule has 0 fully saturated rings. The second-order valence-electron chi connectivity index (χ2n) is 4.36. The Morgan fingerprint density at radius 2 is 1.57 bits per heavy atom. The zero-order valence-electron chi connectivity index (χ0n) is 10.4. The lowest BCUT2D eigenvalue weighted by molar-refractivity contribution is -0.137. The van der Waals surface area contributed by atoms with Crippen LogP contribution in [0.1, 0.15) is 11.1 Å². The van der Waals surface area contributed by atoms with Crippen molar-refractivity contribution < 1.29 is 13.2 Å². The molecule has 2 aromatic carbocycles. The summed E-state index contributed by atoms with van der Waals surface area (Å²) in [6.07, 6.45) is -4.39. The molecular weight excluding hydrogens is 390 g/mol. The third-order valence-electron chi connectivity index (χ3n) is 2.64. The fourth-order valence-corrected chi connectivity index (χ4v) is 2.84. The molecule has 0 aliphatic rings. The number of halogens is 6. The van der Waals surface area contributed by atoms with Crippen molar-refractivity contribution in [1.29, 1.82) is 0 Å². The van der Waals surface area contributed by atoms with Gasteiger partial charge < -0.3 is 5.32 Å². The van der Waals surface area contributed by atoms with Gasteiger partial charge in [0.15, 0.2) is 0 Å². The van der Waals surface area contributed by atoms with Gasteiger partial charge in [-0.3, -0.25) is 0 Å². The van der Waals surface area contributed by atoms with Gasteiger partial charge in [0.05, 0.1) is 5.56 Å². The molecule has 0 aromatic heterocycles. The number of hydrogen-bond acceptors (Lipinski definition) is 1. The summed E-state index contributed by atoms with van der Waals surface area (Å²) >= 11 is 14.8. The lowest BCUT2D eigenvalue weighted by Gasteiger charge is -2.12. The normalized spacial score (nSPS) is 11.5. The minimum Gasteiger partial charge on any atom is -0.381 e. The molecule has 0 heterocycles. The van der Waals surface area contributed by atoms with Crippen LogP contribution in [0, 0.1) is 0 Å². The largest absolute Gasteiger partial charge is 0.416 e. The second-order valence-corrected chi connectivity index (χ2v) is 6.15. The van der Waals surface area contributed by atoms with Gasteiger partial charge in [0.2, 0.25) is 0 Å². The molecule has 0 amide bonds. The Morgan fingerprint density at radius 3 is 2.14 bits per heavy atom. The van der Waals surface area contributed by atoms with Gasteiger partial charge in [-0.2, -0.15) is 13.2 Å². The van der Waals surface area contributed by atoms with E-state index < -0.39 is 11.7 Å². The van der Waals surface area contributed by atoms with Gasteiger partial charge in [0, 0.05) is 26.8 Å². The molecule has 0 atom stereocenters. The molecule has 0 saturated heterocycles. The molecule has 0 radical (unpaired) electrons. The lowest BCUT2D eigenvalue weighted by atomic mass is 10.1. The van der Waals surface area contributed by atoms with Gasteiger partial charge in [-0.15, -0.1) is 0 Å². The number of anilines is 1. The summed E-state index contributed by atoms with van der Waals surface area (Å²) < 4.78 is 38.6. The summed E-state index contributed by atoms with van der Waals surface area (Å²) in [6, 6.07) is 8.64. The van der Waals surface area contributed by atoms with E-state index in [0.717, 1.165) is 17.7 Å². The van der Waals surface area contributed by atoms with Gasteiger partial charge in [0.1, 0.15) is 0 Å². The number of benzene rings is 2. The summed E-state index contributed by atoms with van der Waals surface area (Å²) in [5, 5.41) is 3.87. The summed E-state index contributed by atoms with van der Waals surface area (Å²) in [5.41, 5.74) is 0.414. The highest BCUT2D eigenvalue weighted by Crippen LogP contribution is 2.33. The van der Waals surface area contributed by atoms with Crippen molar-refractivity contribution in [2.24, 2.45) is 0 Å². The highest BCUT2D eigenvalue weighted by atomic mass is 79.9. The molecule has 2 rings (SSSR count). The van der Waals surface area contributed by atoms with E-state index in [4.69, 9.17) is 23.2 Å². The van der Waals surface area contributed by atoms with Crippen LogP contribution in [-0.2, 0) is 12.7 Å². The van der Waals surface area contributed by atoms with Crippen LogP contribution in [0.15, 0.2) is 40.9 Å². The predicted molar refractivity (Wildman–Crippen MR) is 82.9 cm³/mol. The van der Waals surface area contributed by atoms with E-state index >= 15 is 0 Å². The number of alkyl halides is 3. The average molecular weight is 399 g/mol. The molecule has 21 heavy (non-hydrogen) atoms. The van der Waals surface area contributed by atoms with Gasteiger partial charge >= 0.3 is 6.18 Å². The Morgan fingerprint density at radius 1 is 0.952 bits per heavy atom. The Hall–Kier alpha value is -0.910. The topological polar surface area (TPSA) is 12.0 Å². The predicted octanol–water partition coefficient (Wildman–Crippen LogP) is 6.39. The lowest BCUT2D eigenvalue weighted by Crippen LogP contribution is -2.07. The van der Waals surface area contributed by atoms with Crippen LogP contribution in [0.4, 0.5) is 18.9 Å². The molecule has 2 aromatic rings. The number of nitrogens with one attached hydrogen (secondary N) is 1. The maximum atomic E-state index is 12.7. The van der Waals surface area contributed by atoms with Crippen LogP contribution in [-0.4, -0.2) is 0 Å². The van der Waals surface area contributed by atoms with Crippen LogP contribution >= 0.6 is 39.1 Å². The van der Waals surface area contributed by atoms with Crippen molar-refractivity contribution in [3.8, 4) is 0 Å². The molecule has 0 aliphatic heterocycles. The zero-order chi connectivity index (χ0) is 15.6. The molecule has 0 spiro atoms. The van der Waals surface area contributed by atoms with Gasteiger partial charge in [-0.25, -0.2) is 0 Å². The second kappa shape index (κ2) is 6.46. The van der Waals surface area contributed by atoms with Crippen molar-refractivity contribution in [2.45, 2.75) is 12.7 Å². The highest BCUT2D eigenvalue weighted by molar-refractivity contribution is 9.10. The minimum atomic E-state index is -4.39. The first-order valence-electron chi connectivity index (χ1n) is 5.81. The molecule has 0 aliphatic carbocycles. The Kier molecular flexibility index (Phi) is 5.07. The number of rotatable bonds is 3. The summed E-state index contributed by atoms with van der Waals surface area (Å²) in [6.45, 7) is 0.314. The van der Waals surface area contributed by atoms with E-state index in [0.29, 0.717) is 26.8 Å². The number of hydrogen-bond donors (Lipinski definition) is 1. The van der Waals surface area contributed by atoms with E-state index in [1.54, 1.807) is 24.3 Å². The molecule has 1 N–H and O–H groups in total. The van der Waals surface area contributed by atoms with Crippen LogP contribution in [0.2, 0.25) is 10.0 Å². The van der Waals surface area contributed by atoms with E-state index in [9.17, 15) is 13.2 Å². The van der Waals surface area contributed by atoms with E-state index in [1.807, 2.05) is 0 Å². The average Bonchev–Trinajstić information content (AvgIpc) is 2.33. The first-order valence-corrected chi connectivity index (χ1v) is 7.35. The van der Waals surface area contributed by atoms with Crippen molar-refractivity contribution in [1.82, 2.24) is 0 Å². The smallest absolute Gasteiger partial charge is 0.381 e. The van der Waals surface area contributed by atoms with Crippen molar-refractivity contribution >= 4 is 44.8 Å². The molecule has 0 bridgehead atoms. The quantitative estimate of drug-likeness (QED) is 0.631. The summed E-state index contributed by atoms with van der Waals surface area (Å²) in [4.78, 5) is 0. The maximum Gasteiger partial charge on any atom is 0.416 e. The van der Waals surface area contributed by atoms with E-state index in [-0.39, 0.29) is 0 Å². The minimum absolute atomic E-state index is 0.314. The van der Waals surface area contributed by atoms with Crippen LogP contribution < -0.4 is 5.32 Å². The van der Waals surface area contributed by atoms with Crippen LogP contribution in [0.25, 0.3) is 0 Å². The highest BCUT2D eigenvalue weighted by Gasteiger charge is 2.31. The Balaban J connectivity index is 2.18. The zero-order valence-corrected chi connectivity index (χ0v) is 13.5. The van der Waals surface area contributed by atoms with E-state index in [2.05, 4.69) is 21.2 Å². The van der Waals surface area contributed by atoms with Crippen molar-refractivity contribution in [3.63, 3.8) is 0 Å².